The van der Waals surface area contributed by atoms with Crippen LogP contribution in [-0.4, -0.2) is 22.3 Å². The predicted octanol–water partition coefficient (Wildman–Crippen LogP) is 4.89. The number of rotatable bonds is 5. The maximum absolute atomic E-state index is 12.1. The largest absolute Gasteiger partial charge is 0.460 e. The zero-order chi connectivity index (χ0) is 18.1. The maximum atomic E-state index is 12.1. The lowest BCUT2D eigenvalue weighted by Gasteiger charge is -2.17. The zero-order valence-corrected chi connectivity index (χ0v) is 16.6. The van der Waals surface area contributed by atoms with Crippen molar-refractivity contribution in [3.63, 3.8) is 0 Å². The maximum Gasteiger partial charge on any atom is 0.374 e. The number of ether oxygens (including phenoxy) is 1. The Bertz CT molecular complexity index is 753. The lowest BCUT2D eigenvalue weighted by atomic mass is 9.97. The second-order valence-electron chi connectivity index (χ2n) is 7.09. The molecule has 24 heavy (non-hydrogen) atoms. The van der Waals surface area contributed by atoms with Crippen LogP contribution in [0.25, 0.3) is 11.0 Å². The van der Waals surface area contributed by atoms with Gasteiger partial charge in [0, 0.05) is 10.9 Å². The quantitative estimate of drug-likeness (QED) is 0.571. The molecule has 0 bridgehead atoms. The predicted molar refractivity (Wildman–Crippen MR) is 96.6 cm³/mol. The Kier molecular flexibility index (Phi) is 5.55. The van der Waals surface area contributed by atoms with Crippen LogP contribution in [0.15, 0.2) is 10.5 Å². The van der Waals surface area contributed by atoms with Crippen LogP contribution in [-0.2, 0) is 15.8 Å². The van der Waals surface area contributed by atoms with E-state index in [0.29, 0.717) is 23.0 Å². The van der Waals surface area contributed by atoms with E-state index in [2.05, 4.69) is 27.7 Å². The van der Waals surface area contributed by atoms with Crippen molar-refractivity contribution in [3.05, 3.63) is 34.1 Å². The minimum atomic E-state index is -0.412. The third-order valence-electron chi connectivity index (χ3n) is 3.92. The Morgan fingerprint density at radius 3 is 2.46 bits per heavy atom. The number of furan rings is 1. The zero-order valence-electron chi connectivity index (χ0n) is 15.6. The van der Waals surface area contributed by atoms with Gasteiger partial charge in [-0.25, -0.2) is 4.79 Å². The topological polar surface area (TPSA) is 48.7 Å². The number of carbonyl (C=O) groups is 1. The first-order valence-electron chi connectivity index (χ1n) is 8.24. The highest BCUT2D eigenvalue weighted by atomic mass is 28.2. The highest BCUT2D eigenvalue weighted by Gasteiger charge is 2.23. The van der Waals surface area contributed by atoms with E-state index >= 15 is 0 Å². The summed E-state index contributed by atoms with van der Waals surface area (Å²) in [6.07, 6.45) is 0. The molecule has 0 spiro atoms. The summed E-state index contributed by atoms with van der Waals surface area (Å²) in [5, 5.41) is 1.11. The van der Waals surface area contributed by atoms with Crippen LogP contribution in [0.1, 0.15) is 60.5 Å². The van der Waals surface area contributed by atoms with Crippen LogP contribution < -0.4 is 0 Å². The minimum Gasteiger partial charge on any atom is -0.460 e. The minimum absolute atomic E-state index is 0.137. The standard InChI is InChI=1S/C19H26O4Si/c1-8-21-18(20)17-13(4)16-14(10-22-24-19(5,6)7)12(3)11(2)9-15(16)23-17/h9H,8,10H2,1-7H3. The van der Waals surface area contributed by atoms with Gasteiger partial charge in [-0.15, -0.1) is 0 Å². The van der Waals surface area contributed by atoms with E-state index in [0.717, 1.165) is 27.7 Å². The SMILES string of the molecule is CCOC(=O)c1oc2cc(C)c(C)c(CO[Si]C(C)(C)C)c2c1C. The molecule has 2 radical (unpaired) electrons. The van der Waals surface area contributed by atoms with Crippen molar-refractivity contribution in [1.29, 1.82) is 0 Å². The average Bonchev–Trinajstić information content (AvgIpc) is 2.79. The van der Waals surface area contributed by atoms with Crippen molar-refractivity contribution >= 4 is 26.7 Å². The molecular formula is C19H26O4Si. The van der Waals surface area contributed by atoms with Gasteiger partial charge in [0.05, 0.1) is 13.2 Å². The van der Waals surface area contributed by atoms with Crippen molar-refractivity contribution in [2.24, 2.45) is 0 Å². The van der Waals surface area contributed by atoms with Gasteiger partial charge in [-0.1, -0.05) is 20.8 Å². The fourth-order valence-corrected chi connectivity index (χ4v) is 3.29. The molecular weight excluding hydrogens is 320 g/mol. The summed E-state index contributed by atoms with van der Waals surface area (Å²) in [6, 6.07) is 1.98. The van der Waals surface area contributed by atoms with E-state index in [1.165, 1.54) is 5.56 Å². The fraction of sp³-hybridized carbons (Fsp3) is 0.526. The number of aryl methyl sites for hydroxylation is 2. The monoisotopic (exact) mass is 346 g/mol. The summed E-state index contributed by atoms with van der Waals surface area (Å²) in [7, 11) is 0.408. The number of esters is 1. The molecule has 0 saturated carbocycles. The number of hydrogen-bond acceptors (Lipinski definition) is 4. The Morgan fingerprint density at radius 2 is 1.88 bits per heavy atom. The molecule has 1 aromatic heterocycles. The second kappa shape index (κ2) is 7.11. The molecule has 5 heteroatoms. The fourth-order valence-electron chi connectivity index (χ4n) is 2.64. The smallest absolute Gasteiger partial charge is 0.374 e. The first-order valence-corrected chi connectivity index (χ1v) is 9.14. The normalized spacial score (nSPS) is 12.0. The highest BCUT2D eigenvalue weighted by molar-refractivity contribution is 6.31. The Labute approximate surface area is 146 Å². The summed E-state index contributed by atoms with van der Waals surface area (Å²) in [6.45, 7) is 15.2. The molecule has 0 amide bonds. The summed E-state index contributed by atoms with van der Waals surface area (Å²) in [5.41, 5.74) is 4.95. The molecule has 0 saturated heterocycles. The Hall–Kier alpha value is -1.59. The summed E-state index contributed by atoms with van der Waals surface area (Å²) in [4.78, 5) is 12.1. The molecule has 0 aliphatic heterocycles. The molecule has 1 aromatic carbocycles. The van der Waals surface area contributed by atoms with E-state index < -0.39 is 5.97 Å². The number of fused-ring (bicyclic) bond motifs is 1. The highest BCUT2D eigenvalue weighted by Crippen LogP contribution is 2.33. The van der Waals surface area contributed by atoms with Crippen LogP contribution in [0.5, 0.6) is 0 Å². The molecule has 2 rings (SSSR count). The van der Waals surface area contributed by atoms with Crippen molar-refractivity contribution in [1.82, 2.24) is 0 Å². The molecule has 130 valence electrons. The molecule has 0 N–H and O–H groups in total. The van der Waals surface area contributed by atoms with E-state index in [-0.39, 0.29) is 10.8 Å². The summed E-state index contributed by atoms with van der Waals surface area (Å²) in [5.74, 6) is -0.124. The summed E-state index contributed by atoms with van der Waals surface area (Å²) >= 11 is 0. The van der Waals surface area contributed by atoms with Crippen molar-refractivity contribution in [3.8, 4) is 0 Å². The van der Waals surface area contributed by atoms with Gasteiger partial charge in [-0.05, 0) is 55.5 Å². The van der Waals surface area contributed by atoms with Gasteiger partial charge >= 0.3 is 5.97 Å². The lowest BCUT2D eigenvalue weighted by Crippen LogP contribution is -2.13. The van der Waals surface area contributed by atoms with E-state index in [1.807, 2.05) is 19.9 Å². The molecule has 2 aromatic rings. The van der Waals surface area contributed by atoms with E-state index in [4.69, 9.17) is 13.6 Å². The average molecular weight is 346 g/mol. The summed E-state index contributed by atoms with van der Waals surface area (Å²) < 4.78 is 16.9. The molecule has 0 atom stereocenters. The van der Waals surface area contributed by atoms with Gasteiger partial charge in [0.25, 0.3) is 0 Å². The number of carbonyl (C=O) groups excluding carboxylic acids is 1. The van der Waals surface area contributed by atoms with E-state index in [1.54, 1.807) is 6.92 Å². The van der Waals surface area contributed by atoms with Gasteiger partial charge < -0.3 is 13.6 Å². The lowest BCUT2D eigenvalue weighted by molar-refractivity contribution is 0.0491. The van der Waals surface area contributed by atoms with Crippen LogP contribution in [0.3, 0.4) is 0 Å². The van der Waals surface area contributed by atoms with Crippen LogP contribution >= 0.6 is 0 Å². The van der Waals surface area contributed by atoms with Gasteiger partial charge in [0.1, 0.15) is 5.58 Å². The molecule has 4 nitrogen and oxygen atoms in total. The first-order chi connectivity index (χ1) is 11.2. The van der Waals surface area contributed by atoms with Crippen LogP contribution in [0.2, 0.25) is 5.04 Å². The Balaban J connectivity index is 2.48. The number of benzene rings is 1. The third kappa shape index (κ3) is 3.90. The third-order valence-corrected chi connectivity index (χ3v) is 4.82. The van der Waals surface area contributed by atoms with Crippen LogP contribution in [0.4, 0.5) is 0 Å². The van der Waals surface area contributed by atoms with Gasteiger partial charge in [0.15, 0.2) is 0 Å². The molecule has 0 unspecified atom stereocenters. The van der Waals surface area contributed by atoms with Crippen molar-refractivity contribution in [2.45, 2.75) is 60.1 Å². The second-order valence-corrected chi connectivity index (χ2v) is 9.08. The Morgan fingerprint density at radius 1 is 1.21 bits per heavy atom. The van der Waals surface area contributed by atoms with Gasteiger partial charge in [0.2, 0.25) is 15.5 Å². The van der Waals surface area contributed by atoms with Crippen molar-refractivity contribution < 1.29 is 18.4 Å². The molecule has 0 aliphatic carbocycles. The molecule has 0 fully saturated rings. The van der Waals surface area contributed by atoms with Gasteiger partial charge in [-0.2, -0.15) is 0 Å². The van der Waals surface area contributed by atoms with Crippen LogP contribution in [0, 0.1) is 20.8 Å². The van der Waals surface area contributed by atoms with E-state index in [9.17, 15) is 4.79 Å². The number of hydrogen-bond donors (Lipinski definition) is 0. The van der Waals surface area contributed by atoms with Crippen molar-refractivity contribution in [2.75, 3.05) is 6.61 Å². The molecule has 0 aliphatic rings. The first kappa shape index (κ1) is 18.7. The van der Waals surface area contributed by atoms with Gasteiger partial charge in [-0.3, -0.25) is 0 Å². The molecule has 1 heterocycles.